The fraction of sp³-hybridized carbons (Fsp3) is 0.471. The van der Waals surface area contributed by atoms with E-state index in [0.717, 1.165) is 60.9 Å². The molecule has 0 bridgehead atoms. The highest BCUT2D eigenvalue weighted by molar-refractivity contribution is 5.84. The van der Waals surface area contributed by atoms with Gasteiger partial charge >= 0.3 is 0 Å². The average Bonchev–Trinajstić information content (AvgIpc) is 2.46. The summed E-state index contributed by atoms with van der Waals surface area (Å²) in [6.07, 6.45) is 2.57. The van der Waals surface area contributed by atoms with Crippen molar-refractivity contribution < 1.29 is 5.11 Å². The number of aliphatic hydroxyl groups is 1. The van der Waals surface area contributed by atoms with Crippen LogP contribution in [-0.4, -0.2) is 40.7 Å². The van der Waals surface area contributed by atoms with Crippen molar-refractivity contribution in [3.05, 3.63) is 45.9 Å². The Morgan fingerprint density at radius 3 is 3.05 bits per heavy atom. The molecule has 2 aromatic rings. The number of pyridine rings is 1. The first-order valence-corrected chi connectivity index (χ1v) is 7.65. The fourth-order valence-electron chi connectivity index (χ4n) is 3.14. The van der Waals surface area contributed by atoms with Crippen LogP contribution >= 0.6 is 0 Å². The zero-order valence-electron chi connectivity index (χ0n) is 12.4. The number of hydrogen-bond acceptors (Lipinski definition) is 3. The molecule has 1 saturated heterocycles. The number of fused-ring (bicyclic) bond motifs is 1. The first-order valence-electron chi connectivity index (χ1n) is 7.65. The molecule has 0 radical (unpaired) electrons. The molecule has 3 rings (SSSR count). The second-order valence-electron chi connectivity index (χ2n) is 6.01. The Hall–Kier alpha value is -1.65. The van der Waals surface area contributed by atoms with E-state index in [-0.39, 0.29) is 11.7 Å². The molecular formula is C17H22N2O2. The van der Waals surface area contributed by atoms with Crippen molar-refractivity contribution in [1.82, 2.24) is 9.88 Å². The molecule has 1 aliphatic rings. The van der Waals surface area contributed by atoms with Gasteiger partial charge in [-0.1, -0.05) is 12.1 Å². The molecular weight excluding hydrogens is 264 g/mol. The monoisotopic (exact) mass is 286 g/mol. The zero-order valence-corrected chi connectivity index (χ0v) is 12.4. The summed E-state index contributed by atoms with van der Waals surface area (Å²) in [5.41, 5.74) is 2.10. The Kier molecular flexibility index (Phi) is 4.08. The highest BCUT2D eigenvalue weighted by Crippen LogP contribution is 2.16. The molecule has 1 aromatic carbocycles. The largest absolute Gasteiger partial charge is 0.392 e. The number of rotatable bonds is 3. The maximum Gasteiger partial charge on any atom is 0.256 e. The minimum absolute atomic E-state index is 0.00937. The third kappa shape index (κ3) is 3.17. The molecule has 1 aliphatic heterocycles. The number of aliphatic hydroxyl groups excluding tert-OH is 1. The predicted octanol–water partition coefficient (Wildman–Crippen LogP) is 1.84. The molecule has 4 heteroatoms. The maximum atomic E-state index is 12.1. The Morgan fingerprint density at radius 2 is 2.24 bits per heavy atom. The van der Waals surface area contributed by atoms with Gasteiger partial charge in [0.1, 0.15) is 0 Å². The quantitative estimate of drug-likeness (QED) is 0.905. The van der Waals surface area contributed by atoms with E-state index in [2.05, 4.69) is 16.0 Å². The van der Waals surface area contributed by atoms with Crippen LogP contribution in [0.3, 0.4) is 0 Å². The summed E-state index contributed by atoms with van der Waals surface area (Å²) in [5, 5.41) is 11.5. The Morgan fingerprint density at radius 1 is 1.38 bits per heavy atom. The summed E-state index contributed by atoms with van der Waals surface area (Å²) in [5.74, 6) is 0. The number of nitrogens with one attached hydrogen (secondary N) is 1. The summed E-state index contributed by atoms with van der Waals surface area (Å²) >= 11 is 0. The van der Waals surface area contributed by atoms with Gasteiger partial charge in [0.2, 0.25) is 0 Å². The second kappa shape index (κ2) is 6.00. The lowest BCUT2D eigenvalue weighted by Gasteiger charge is -2.29. The van der Waals surface area contributed by atoms with Crippen LogP contribution in [0.15, 0.2) is 29.1 Å². The first kappa shape index (κ1) is 14.3. The molecule has 0 spiro atoms. The number of aromatic nitrogens is 1. The summed E-state index contributed by atoms with van der Waals surface area (Å²) in [7, 11) is 0. The van der Waals surface area contributed by atoms with Crippen molar-refractivity contribution in [2.24, 2.45) is 0 Å². The lowest BCUT2D eigenvalue weighted by atomic mass is 10.0. The number of aromatic amines is 1. The van der Waals surface area contributed by atoms with E-state index in [0.29, 0.717) is 0 Å². The summed E-state index contributed by atoms with van der Waals surface area (Å²) < 4.78 is 0. The molecule has 2 N–H and O–H groups in total. The molecule has 1 fully saturated rings. The Labute approximate surface area is 124 Å². The van der Waals surface area contributed by atoms with Crippen LogP contribution in [0.4, 0.5) is 0 Å². The van der Waals surface area contributed by atoms with Crippen LogP contribution in [0.2, 0.25) is 0 Å². The number of H-pyrrole nitrogens is 1. The number of benzene rings is 1. The van der Waals surface area contributed by atoms with Gasteiger partial charge in [0.05, 0.1) is 6.10 Å². The van der Waals surface area contributed by atoms with E-state index in [9.17, 15) is 9.90 Å². The van der Waals surface area contributed by atoms with Gasteiger partial charge in [0.15, 0.2) is 0 Å². The summed E-state index contributed by atoms with van der Waals surface area (Å²) in [6, 6.07) is 7.91. The molecule has 1 aromatic heterocycles. The van der Waals surface area contributed by atoms with Crippen molar-refractivity contribution >= 4 is 10.8 Å². The number of piperidine rings is 1. The van der Waals surface area contributed by atoms with Gasteiger partial charge in [0.25, 0.3) is 5.56 Å². The van der Waals surface area contributed by atoms with Gasteiger partial charge in [-0.25, -0.2) is 0 Å². The predicted molar refractivity (Wildman–Crippen MR) is 84.7 cm³/mol. The van der Waals surface area contributed by atoms with E-state index in [1.165, 1.54) is 0 Å². The van der Waals surface area contributed by atoms with E-state index < -0.39 is 0 Å². The van der Waals surface area contributed by atoms with E-state index in [4.69, 9.17) is 0 Å². The summed E-state index contributed by atoms with van der Waals surface area (Å²) in [4.78, 5) is 17.4. The van der Waals surface area contributed by atoms with Gasteiger partial charge in [-0.05, 0) is 49.4 Å². The number of nitrogens with zero attached hydrogens (tertiary/aromatic N) is 1. The lowest BCUT2D eigenvalue weighted by molar-refractivity contribution is 0.0712. The number of β-amino-alcohol motifs (C(OH)–C–C–N with tert-alkyl or cyclic N) is 1. The number of hydrogen-bond donors (Lipinski definition) is 2. The number of aryl methyl sites for hydroxylation is 1. The van der Waals surface area contributed by atoms with Crippen molar-refractivity contribution in [3.8, 4) is 0 Å². The van der Waals surface area contributed by atoms with Crippen molar-refractivity contribution in [2.75, 3.05) is 19.6 Å². The van der Waals surface area contributed by atoms with Crippen LogP contribution in [-0.2, 0) is 6.42 Å². The Balaban J connectivity index is 1.78. The van der Waals surface area contributed by atoms with Crippen LogP contribution in [0, 0.1) is 6.92 Å². The maximum absolute atomic E-state index is 12.1. The van der Waals surface area contributed by atoms with Crippen molar-refractivity contribution in [2.45, 2.75) is 32.3 Å². The first-order chi connectivity index (χ1) is 10.1. The molecule has 2 heterocycles. The normalized spacial score (nSPS) is 20.0. The van der Waals surface area contributed by atoms with Crippen LogP contribution < -0.4 is 5.56 Å². The SMILES string of the molecule is Cc1cccc2c(=O)[nH]c(CCN3CCC[C@@H](O)C3)cc12. The van der Waals surface area contributed by atoms with Gasteiger partial charge in [-0.15, -0.1) is 0 Å². The molecule has 4 nitrogen and oxygen atoms in total. The zero-order chi connectivity index (χ0) is 14.8. The fourth-order valence-corrected chi connectivity index (χ4v) is 3.14. The van der Waals surface area contributed by atoms with Crippen LogP contribution in [0.1, 0.15) is 24.1 Å². The molecule has 0 amide bonds. The van der Waals surface area contributed by atoms with Gasteiger partial charge in [0, 0.05) is 30.6 Å². The minimum atomic E-state index is -0.198. The summed E-state index contributed by atoms with van der Waals surface area (Å²) in [6.45, 7) is 4.70. The van der Waals surface area contributed by atoms with Crippen molar-refractivity contribution in [1.29, 1.82) is 0 Å². The third-order valence-corrected chi connectivity index (χ3v) is 4.34. The standard InChI is InChI=1S/C17H22N2O2/c1-12-4-2-6-15-16(12)10-13(18-17(15)21)7-9-19-8-3-5-14(20)11-19/h2,4,6,10,14,20H,3,5,7-9,11H2,1H3,(H,18,21)/t14-/m1/s1. The topological polar surface area (TPSA) is 56.3 Å². The molecule has 0 saturated carbocycles. The van der Waals surface area contributed by atoms with Gasteiger partial charge in [-0.3, -0.25) is 4.79 Å². The van der Waals surface area contributed by atoms with Crippen molar-refractivity contribution in [3.63, 3.8) is 0 Å². The van der Waals surface area contributed by atoms with Gasteiger partial charge < -0.3 is 15.0 Å². The van der Waals surface area contributed by atoms with E-state index >= 15 is 0 Å². The molecule has 112 valence electrons. The van der Waals surface area contributed by atoms with Gasteiger partial charge in [-0.2, -0.15) is 0 Å². The molecule has 0 unspecified atom stereocenters. The number of likely N-dealkylation sites (tertiary alicyclic amines) is 1. The Bertz CT molecular complexity index is 693. The third-order valence-electron chi connectivity index (χ3n) is 4.34. The second-order valence-corrected chi connectivity index (χ2v) is 6.01. The van der Waals surface area contributed by atoms with E-state index in [1.54, 1.807) is 0 Å². The lowest BCUT2D eigenvalue weighted by Crippen LogP contribution is -2.39. The molecule has 1 atom stereocenters. The molecule has 21 heavy (non-hydrogen) atoms. The highest BCUT2D eigenvalue weighted by atomic mass is 16.3. The average molecular weight is 286 g/mol. The molecule has 0 aliphatic carbocycles. The van der Waals surface area contributed by atoms with Crippen LogP contribution in [0.5, 0.6) is 0 Å². The highest BCUT2D eigenvalue weighted by Gasteiger charge is 2.17. The smallest absolute Gasteiger partial charge is 0.256 e. The minimum Gasteiger partial charge on any atom is -0.392 e. The van der Waals surface area contributed by atoms with E-state index in [1.807, 2.05) is 25.1 Å². The van der Waals surface area contributed by atoms with Crippen LogP contribution in [0.25, 0.3) is 10.8 Å².